The lowest BCUT2D eigenvalue weighted by atomic mass is 10.2. The number of nitrogens with one attached hydrogen (secondary N) is 2. The maximum absolute atomic E-state index is 11.5. The Morgan fingerprint density at radius 1 is 1.86 bits per heavy atom. The van der Waals surface area contributed by atoms with Crippen LogP contribution in [0.25, 0.3) is 0 Å². The molecular weight excluding hydrogens is 200 g/mol. The molecule has 1 rings (SSSR count). The summed E-state index contributed by atoms with van der Waals surface area (Å²) in [4.78, 5) is 11.8. The lowest BCUT2D eigenvalue weighted by molar-refractivity contribution is 0.0941. The molecule has 1 unspecified atom stereocenters. The number of nitrogens with zero attached hydrogens (tertiary/aromatic N) is 1. The minimum atomic E-state index is -0.263. The molecule has 0 bridgehead atoms. The van der Waals surface area contributed by atoms with E-state index in [1.54, 1.807) is 6.07 Å². The predicted molar refractivity (Wildman–Crippen MR) is 56.9 cm³/mol. The van der Waals surface area contributed by atoms with Gasteiger partial charge in [0.2, 0.25) is 0 Å². The fourth-order valence-electron chi connectivity index (χ4n) is 0.993. The minimum absolute atomic E-state index is 0.248. The van der Waals surface area contributed by atoms with Gasteiger partial charge in [-0.05, 0) is 12.5 Å². The Hall–Kier alpha value is -1.43. The Morgan fingerprint density at radius 2 is 2.57 bits per heavy atom. The number of H-pyrrole nitrogens is 1. The molecule has 4 N–H and O–H groups in total. The van der Waals surface area contributed by atoms with E-state index in [-0.39, 0.29) is 11.9 Å². The Bertz CT molecular complexity index is 322. The highest BCUT2D eigenvalue weighted by molar-refractivity contribution is 7.80. The highest BCUT2D eigenvalue weighted by atomic mass is 32.1. The van der Waals surface area contributed by atoms with Gasteiger partial charge in [0, 0.05) is 6.20 Å². The Labute approximate surface area is 87.1 Å². The Morgan fingerprint density at radius 3 is 3.00 bits per heavy atom. The van der Waals surface area contributed by atoms with Gasteiger partial charge in [-0.1, -0.05) is 19.1 Å². The molecule has 1 aromatic heterocycles. The van der Waals surface area contributed by atoms with Crippen LogP contribution in [0.4, 0.5) is 0 Å². The monoisotopic (exact) mass is 212 g/mol. The van der Waals surface area contributed by atoms with Gasteiger partial charge >= 0.3 is 0 Å². The van der Waals surface area contributed by atoms with Crippen LogP contribution in [0.2, 0.25) is 0 Å². The zero-order chi connectivity index (χ0) is 10.6. The van der Waals surface area contributed by atoms with Crippen LogP contribution in [0.3, 0.4) is 0 Å². The fourth-order valence-corrected chi connectivity index (χ4v) is 1.22. The van der Waals surface area contributed by atoms with Gasteiger partial charge in [0.05, 0.1) is 11.0 Å². The average molecular weight is 212 g/mol. The second kappa shape index (κ2) is 4.71. The summed E-state index contributed by atoms with van der Waals surface area (Å²) >= 11 is 4.80. The zero-order valence-corrected chi connectivity index (χ0v) is 8.60. The van der Waals surface area contributed by atoms with Crippen molar-refractivity contribution in [2.24, 2.45) is 5.73 Å². The second-order valence-electron chi connectivity index (χ2n) is 2.81. The second-order valence-corrected chi connectivity index (χ2v) is 3.28. The first-order valence-electron chi connectivity index (χ1n) is 4.24. The summed E-state index contributed by atoms with van der Waals surface area (Å²) in [6.07, 6.45) is 2.19. The molecule has 5 nitrogen and oxygen atoms in total. The number of hydrogen-bond donors (Lipinski definition) is 3. The van der Waals surface area contributed by atoms with Crippen molar-refractivity contribution >= 4 is 23.1 Å². The highest BCUT2D eigenvalue weighted by Crippen LogP contribution is 1.96. The molecule has 1 aromatic rings. The number of amides is 1. The van der Waals surface area contributed by atoms with Gasteiger partial charge < -0.3 is 11.1 Å². The van der Waals surface area contributed by atoms with Crippen LogP contribution in [0.5, 0.6) is 0 Å². The van der Waals surface area contributed by atoms with Crippen LogP contribution in [0.1, 0.15) is 23.8 Å². The number of aromatic amines is 1. The van der Waals surface area contributed by atoms with Crippen molar-refractivity contribution in [3.05, 3.63) is 18.0 Å². The van der Waals surface area contributed by atoms with Crippen LogP contribution in [-0.2, 0) is 0 Å². The molecule has 76 valence electrons. The van der Waals surface area contributed by atoms with Crippen molar-refractivity contribution in [1.29, 1.82) is 0 Å². The third-order valence-corrected chi connectivity index (χ3v) is 2.09. The molecule has 0 aliphatic heterocycles. The van der Waals surface area contributed by atoms with E-state index in [2.05, 4.69) is 15.5 Å². The third kappa shape index (κ3) is 2.53. The van der Waals surface area contributed by atoms with Crippen molar-refractivity contribution < 1.29 is 4.79 Å². The van der Waals surface area contributed by atoms with Gasteiger partial charge in [-0.25, -0.2) is 0 Å². The molecule has 0 fully saturated rings. The SMILES string of the molecule is CCC(NC(=O)c1ccn[nH]1)C(N)=S. The van der Waals surface area contributed by atoms with E-state index in [1.165, 1.54) is 6.20 Å². The van der Waals surface area contributed by atoms with Crippen LogP contribution in [-0.4, -0.2) is 27.1 Å². The van der Waals surface area contributed by atoms with Crippen LogP contribution < -0.4 is 11.1 Å². The molecule has 0 aliphatic carbocycles. The molecule has 1 atom stereocenters. The number of hydrogen-bond acceptors (Lipinski definition) is 3. The Balaban J connectivity index is 2.60. The highest BCUT2D eigenvalue weighted by Gasteiger charge is 2.14. The van der Waals surface area contributed by atoms with Crippen molar-refractivity contribution in [2.45, 2.75) is 19.4 Å². The molecule has 1 heterocycles. The molecule has 0 aromatic carbocycles. The van der Waals surface area contributed by atoms with Crippen LogP contribution >= 0.6 is 12.2 Å². The van der Waals surface area contributed by atoms with E-state index in [4.69, 9.17) is 18.0 Å². The van der Waals surface area contributed by atoms with Crippen molar-refractivity contribution in [1.82, 2.24) is 15.5 Å². The summed E-state index contributed by atoms with van der Waals surface area (Å²) < 4.78 is 0. The van der Waals surface area contributed by atoms with Crippen molar-refractivity contribution in [3.63, 3.8) is 0 Å². The Kier molecular flexibility index (Phi) is 3.58. The normalized spacial score (nSPS) is 12.1. The van der Waals surface area contributed by atoms with Gasteiger partial charge in [-0.15, -0.1) is 0 Å². The van der Waals surface area contributed by atoms with E-state index in [0.29, 0.717) is 17.1 Å². The van der Waals surface area contributed by atoms with Crippen molar-refractivity contribution in [2.75, 3.05) is 0 Å². The summed E-state index contributed by atoms with van der Waals surface area (Å²) in [5.74, 6) is -0.248. The number of rotatable bonds is 4. The average Bonchev–Trinajstić information content (AvgIpc) is 2.65. The number of thiocarbonyl (C=S) groups is 1. The molecule has 6 heteroatoms. The zero-order valence-electron chi connectivity index (χ0n) is 7.78. The van der Waals surface area contributed by atoms with E-state index < -0.39 is 0 Å². The number of nitrogens with two attached hydrogens (primary N) is 1. The number of carbonyl (C=O) groups excluding carboxylic acids is 1. The molecule has 0 saturated heterocycles. The van der Waals surface area contributed by atoms with E-state index >= 15 is 0 Å². The van der Waals surface area contributed by atoms with E-state index in [9.17, 15) is 4.79 Å². The fraction of sp³-hybridized carbons (Fsp3) is 0.375. The van der Waals surface area contributed by atoms with Crippen LogP contribution in [0.15, 0.2) is 12.3 Å². The van der Waals surface area contributed by atoms with Gasteiger partial charge in [-0.3, -0.25) is 9.89 Å². The third-order valence-electron chi connectivity index (χ3n) is 1.80. The first kappa shape index (κ1) is 10.6. The first-order valence-corrected chi connectivity index (χ1v) is 4.65. The van der Waals surface area contributed by atoms with Crippen molar-refractivity contribution in [3.8, 4) is 0 Å². The smallest absolute Gasteiger partial charge is 0.269 e. The summed E-state index contributed by atoms with van der Waals surface area (Å²) in [6, 6.07) is 1.32. The molecule has 0 spiro atoms. The standard InChI is InChI=1S/C8H12N4OS/c1-2-5(7(9)14)11-8(13)6-3-4-10-12-6/h3-5H,2H2,1H3,(H2,9,14)(H,10,12)(H,11,13). The molecule has 14 heavy (non-hydrogen) atoms. The van der Waals surface area contributed by atoms with Gasteiger partial charge in [0.15, 0.2) is 0 Å². The van der Waals surface area contributed by atoms with Gasteiger partial charge in [0.1, 0.15) is 5.69 Å². The number of aromatic nitrogens is 2. The minimum Gasteiger partial charge on any atom is -0.392 e. The van der Waals surface area contributed by atoms with Gasteiger partial charge in [0.25, 0.3) is 5.91 Å². The maximum Gasteiger partial charge on any atom is 0.269 e. The predicted octanol–water partition coefficient (Wildman–Crippen LogP) is 0.204. The maximum atomic E-state index is 11.5. The van der Waals surface area contributed by atoms with E-state index in [1.807, 2.05) is 6.92 Å². The topological polar surface area (TPSA) is 83.8 Å². The lowest BCUT2D eigenvalue weighted by Gasteiger charge is -2.14. The van der Waals surface area contributed by atoms with E-state index in [0.717, 1.165) is 0 Å². The summed E-state index contributed by atoms with van der Waals surface area (Å²) in [5, 5.41) is 8.92. The lowest BCUT2D eigenvalue weighted by Crippen LogP contribution is -2.43. The summed E-state index contributed by atoms with van der Waals surface area (Å²) in [5.41, 5.74) is 5.84. The largest absolute Gasteiger partial charge is 0.392 e. The molecule has 0 saturated carbocycles. The molecular formula is C8H12N4OS. The summed E-state index contributed by atoms with van der Waals surface area (Å²) in [7, 11) is 0. The van der Waals surface area contributed by atoms with Gasteiger partial charge in [-0.2, -0.15) is 5.10 Å². The first-order chi connectivity index (χ1) is 6.65. The quantitative estimate of drug-likeness (QED) is 0.623. The molecule has 0 radical (unpaired) electrons. The van der Waals surface area contributed by atoms with Crippen LogP contribution in [0, 0.1) is 0 Å². The molecule has 0 aliphatic rings. The summed E-state index contributed by atoms with van der Waals surface area (Å²) in [6.45, 7) is 1.90. The number of carbonyl (C=O) groups is 1. The molecule has 1 amide bonds.